The highest BCUT2D eigenvalue weighted by molar-refractivity contribution is 5.91. The van der Waals surface area contributed by atoms with Crippen LogP contribution in [0, 0.1) is 25.2 Å². The van der Waals surface area contributed by atoms with E-state index < -0.39 is 5.97 Å². The molecule has 2 rings (SSSR count). The smallest absolute Gasteiger partial charge is 0.338 e. The van der Waals surface area contributed by atoms with E-state index in [4.69, 9.17) is 10.00 Å². The summed E-state index contributed by atoms with van der Waals surface area (Å²) in [7, 11) is 1.57. The van der Waals surface area contributed by atoms with Gasteiger partial charge in [0.25, 0.3) is 5.91 Å². The number of hydrogen-bond acceptors (Lipinski definition) is 5. The fraction of sp³-hybridized carbons (Fsp3) is 0.333. The minimum absolute atomic E-state index is 0.240. The van der Waals surface area contributed by atoms with Crippen molar-refractivity contribution in [3.05, 3.63) is 47.3 Å². The van der Waals surface area contributed by atoms with Crippen LogP contribution in [0.25, 0.3) is 5.69 Å². The number of hydrogen-bond donors (Lipinski definition) is 0. The largest absolute Gasteiger partial charge is 0.452 e. The Hall–Kier alpha value is -3.14. The first-order valence-corrected chi connectivity index (χ1v) is 7.84. The number of ether oxygens (including phenoxy) is 1. The second kappa shape index (κ2) is 8.11. The van der Waals surface area contributed by atoms with Gasteiger partial charge in [-0.3, -0.25) is 4.79 Å². The van der Waals surface area contributed by atoms with E-state index in [0.29, 0.717) is 12.1 Å². The molecule has 130 valence electrons. The zero-order valence-corrected chi connectivity index (χ0v) is 14.5. The number of benzene rings is 1. The normalized spacial score (nSPS) is 10.2. The quantitative estimate of drug-likeness (QED) is 0.751. The standard InChI is InChI=1S/C18H20N4O3/c1-13-11-14(2)22(20-13)16-7-5-15(6-8-16)18(24)25-12-17(23)21(3)10-4-9-19/h5-8,11H,4,10,12H2,1-3H3. The molecular formula is C18H20N4O3. The van der Waals surface area contributed by atoms with Crippen LogP contribution in [-0.2, 0) is 9.53 Å². The molecule has 1 heterocycles. The summed E-state index contributed by atoms with van der Waals surface area (Å²) in [5.41, 5.74) is 3.12. The average Bonchev–Trinajstić information content (AvgIpc) is 2.95. The summed E-state index contributed by atoms with van der Waals surface area (Å²) in [6.07, 6.45) is 0.240. The Morgan fingerprint density at radius 3 is 2.52 bits per heavy atom. The SMILES string of the molecule is Cc1cc(C)n(-c2ccc(C(=O)OCC(=O)N(C)CCC#N)cc2)n1. The van der Waals surface area contributed by atoms with Gasteiger partial charge in [-0.15, -0.1) is 0 Å². The molecular weight excluding hydrogens is 320 g/mol. The monoisotopic (exact) mass is 340 g/mol. The first-order valence-electron chi connectivity index (χ1n) is 7.84. The molecule has 0 saturated carbocycles. The molecule has 1 aromatic carbocycles. The number of likely N-dealkylation sites (N-methyl/N-ethyl adjacent to an activating group) is 1. The number of carbonyl (C=O) groups is 2. The first kappa shape index (κ1) is 18.2. The van der Waals surface area contributed by atoms with Crippen molar-refractivity contribution >= 4 is 11.9 Å². The minimum Gasteiger partial charge on any atom is -0.452 e. The van der Waals surface area contributed by atoms with Crippen LogP contribution in [0.5, 0.6) is 0 Å². The Kier molecular flexibility index (Phi) is 5.90. The van der Waals surface area contributed by atoms with E-state index in [2.05, 4.69) is 5.10 Å². The Bertz CT molecular complexity index is 803. The molecule has 0 saturated heterocycles. The maximum atomic E-state index is 12.0. The third-order valence-electron chi connectivity index (χ3n) is 3.67. The molecule has 1 amide bonds. The molecule has 0 spiro atoms. The van der Waals surface area contributed by atoms with E-state index in [9.17, 15) is 9.59 Å². The number of nitriles is 1. The van der Waals surface area contributed by atoms with E-state index in [1.165, 1.54) is 4.90 Å². The van der Waals surface area contributed by atoms with Gasteiger partial charge >= 0.3 is 5.97 Å². The van der Waals surface area contributed by atoms with Crippen LogP contribution in [-0.4, -0.2) is 46.8 Å². The van der Waals surface area contributed by atoms with Crippen LogP contribution in [0.1, 0.15) is 28.2 Å². The van der Waals surface area contributed by atoms with Crippen molar-refractivity contribution in [2.45, 2.75) is 20.3 Å². The Morgan fingerprint density at radius 1 is 1.28 bits per heavy atom. The number of esters is 1. The zero-order valence-electron chi connectivity index (χ0n) is 14.5. The molecule has 0 fully saturated rings. The minimum atomic E-state index is -0.568. The molecule has 7 heteroatoms. The molecule has 0 unspecified atom stereocenters. The maximum absolute atomic E-state index is 12.0. The highest BCUT2D eigenvalue weighted by Gasteiger charge is 2.13. The lowest BCUT2D eigenvalue weighted by Crippen LogP contribution is -2.31. The summed E-state index contributed by atoms with van der Waals surface area (Å²) in [4.78, 5) is 25.2. The predicted octanol–water partition coefficient (Wildman–Crippen LogP) is 2.02. The van der Waals surface area contributed by atoms with Gasteiger partial charge in [-0.05, 0) is 44.2 Å². The molecule has 0 aliphatic heterocycles. The molecule has 25 heavy (non-hydrogen) atoms. The summed E-state index contributed by atoms with van der Waals surface area (Å²) >= 11 is 0. The summed E-state index contributed by atoms with van der Waals surface area (Å²) < 4.78 is 6.82. The van der Waals surface area contributed by atoms with Crippen molar-refractivity contribution < 1.29 is 14.3 Å². The highest BCUT2D eigenvalue weighted by Crippen LogP contribution is 2.13. The van der Waals surface area contributed by atoms with Crippen molar-refractivity contribution in [2.75, 3.05) is 20.2 Å². The van der Waals surface area contributed by atoms with Crippen LogP contribution in [0.3, 0.4) is 0 Å². The number of aryl methyl sites for hydroxylation is 2. The van der Waals surface area contributed by atoms with Crippen molar-refractivity contribution in [3.63, 3.8) is 0 Å². The summed E-state index contributed by atoms with van der Waals surface area (Å²) in [5, 5.41) is 12.9. The Morgan fingerprint density at radius 2 is 1.96 bits per heavy atom. The third-order valence-corrected chi connectivity index (χ3v) is 3.67. The van der Waals surface area contributed by atoms with E-state index in [-0.39, 0.29) is 18.9 Å². The number of carbonyl (C=O) groups excluding carboxylic acids is 2. The molecule has 0 aliphatic rings. The number of rotatable bonds is 6. The van der Waals surface area contributed by atoms with Crippen molar-refractivity contribution in [1.82, 2.24) is 14.7 Å². The fourth-order valence-corrected chi connectivity index (χ4v) is 2.29. The van der Waals surface area contributed by atoms with Gasteiger partial charge in [0, 0.05) is 19.3 Å². The van der Waals surface area contributed by atoms with Gasteiger partial charge in [-0.25, -0.2) is 9.48 Å². The number of amides is 1. The Labute approximate surface area is 146 Å². The van der Waals surface area contributed by atoms with E-state index in [0.717, 1.165) is 17.1 Å². The van der Waals surface area contributed by atoms with Crippen LogP contribution in [0.4, 0.5) is 0 Å². The van der Waals surface area contributed by atoms with Crippen LogP contribution < -0.4 is 0 Å². The molecule has 0 N–H and O–H groups in total. The van der Waals surface area contributed by atoms with Crippen molar-refractivity contribution in [1.29, 1.82) is 5.26 Å². The number of nitrogens with zero attached hydrogens (tertiary/aromatic N) is 4. The average molecular weight is 340 g/mol. The lowest BCUT2D eigenvalue weighted by molar-refractivity contribution is -0.133. The summed E-state index contributed by atoms with van der Waals surface area (Å²) in [6.45, 7) is 3.83. The van der Waals surface area contributed by atoms with Gasteiger partial charge in [-0.1, -0.05) is 0 Å². The first-order chi connectivity index (χ1) is 11.9. The van der Waals surface area contributed by atoms with Gasteiger partial charge in [0.15, 0.2) is 6.61 Å². The Balaban J connectivity index is 1.96. The summed E-state index contributed by atoms with van der Waals surface area (Å²) in [5.74, 6) is -0.912. The van der Waals surface area contributed by atoms with E-state index >= 15 is 0 Å². The fourth-order valence-electron chi connectivity index (χ4n) is 2.29. The van der Waals surface area contributed by atoms with Gasteiger partial charge in [0.05, 0.1) is 29.4 Å². The second-order valence-electron chi connectivity index (χ2n) is 5.69. The second-order valence-corrected chi connectivity index (χ2v) is 5.69. The van der Waals surface area contributed by atoms with Gasteiger partial charge in [0.2, 0.25) is 0 Å². The van der Waals surface area contributed by atoms with E-state index in [1.807, 2.05) is 26.0 Å². The van der Waals surface area contributed by atoms with Crippen LogP contribution in [0.2, 0.25) is 0 Å². The van der Waals surface area contributed by atoms with Gasteiger partial charge in [-0.2, -0.15) is 10.4 Å². The van der Waals surface area contributed by atoms with Crippen molar-refractivity contribution in [3.8, 4) is 11.8 Å². The van der Waals surface area contributed by atoms with Crippen LogP contribution in [0.15, 0.2) is 30.3 Å². The topological polar surface area (TPSA) is 88.2 Å². The molecule has 2 aromatic rings. The predicted molar refractivity (Wildman–Crippen MR) is 91.2 cm³/mol. The molecule has 1 aromatic heterocycles. The lowest BCUT2D eigenvalue weighted by Gasteiger charge is -2.15. The van der Waals surface area contributed by atoms with Crippen molar-refractivity contribution in [2.24, 2.45) is 0 Å². The zero-order chi connectivity index (χ0) is 18.4. The van der Waals surface area contributed by atoms with Gasteiger partial charge in [0.1, 0.15) is 0 Å². The molecule has 0 atom stereocenters. The van der Waals surface area contributed by atoms with Crippen LogP contribution >= 0.6 is 0 Å². The number of aromatic nitrogens is 2. The summed E-state index contributed by atoms with van der Waals surface area (Å²) in [6, 6.07) is 10.8. The molecule has 0 aliphatic carbocycles. The lowest BCUT2D eigenvalue weighted by atomic mass is 10.2. The molecule has 0 bridgehead atoms. The van der Waals surface area contributed by atoms with E-state index in [1.54, 1.807) is 36.0 Å². The highest BCUT2D eigenvalue weighted by atomic mass is 16.5. The maximum Gasteiger partial charge on any atom is 0.338 e. The van der Waals surface area contributed by atoms with Gasteiger partial charge < -0.3 is 9.64 Å². The molecule has 7 nitrogen and oxygen atoms in total. The third kappa shape index (κ3) is 4.67. The molecule has 0 radical (unpaired) electrons.